The third kappa shape index (κ3) is 29.4. The molecule has 7 rings (SSSR count). The summed E-state index contributed by atoms with van der Waals surface area (Å²) in [5.41, 5.74) is 4.69. The highest BCUT2D eigenvalue weighted by Gasteiger charge is 2.51. The van der Waals surface area contributed by atoms with Gasteiger partial charge >= 0.3 is 33.0 Å². The van der Waals surface area contributed by atoms with Gasteiger partial charge in [0.1, 0.15) is 85.5 Å². The van der Waals surface area contributed by atoms with Crippen molar-refractivity contribution in [3.63, 3.8) is 0 Å². The highest BCUT2D eigenvalue weighted by Crippen LogP contribution is 2.63. The van der Waals surface area contributed by atoms with Crippen LogP contribution in [0.1, 0.15) is 134 Å². The molecule has 0 aromatic heterocycles. The van der Waals surface area contributed by atoms with Crippen molar-refractivity contribution in [3.05, 3.63) is 160 Å². The second-order valence-electron chi connectivity index (χ2n) is 23.7. The number of alkyl halides is 2. The first-order valence-electron chi connectivity index (χ1n) is 29.9. The van der Waals surface area contributed by atoms with E-state index in [1.807, 2.05) is 134 Å². The molecule has 10 unspecified atom stereocenters. The van der Waals surface area contributed by atoms with Gasteiger partial charge in [0.25, 0.3) is 0 Å². The predicted octanol–water partition coefficient (Wildman–Crippen LogP) is 12.2. The number of phosphoric ester groups is 1. The summed E-state index contributed by atoms with van der Waals surface area (Å²) in [6.45, 7) is 15.2. The largest absolute Gasteiger partial charge is 0.527 e. The Bertz CT molecular complexity index is 2970. The second-order valence-corrected chi connectivity index (χ2v) is 27.8. The lowest BCUT2D eigenvalue weighted by Gasteiger charge is -2.23. The number of carboxylic acids is 1. The summed E-state index contributed by atoms with van der Waals surface area (Å²) in [5.74, 6) is -0.304. The van der Waals surface area contributed by atoms with Crippen LogP contribution in [-0.2, 0) is 104 Å². The number of halogens is 3. The number of rotatable bonds is 27. The lowest BCUT2D eigenvalue weighted by Crippen LogP contribution is -2.35. The number of benzene rings is 5. The summed E-state index contributed by atoms with van der Waals surface area (Å²) in [6, 6.07) is 34.4. The van der Waals surface area contributed by atoms with Crippen LogP contribution < -0.4 is 14.0 Å². The monoisotopic (exact) mass is 1370 g/mol. The molecule has 518 valence electrons. The quantitative estimate of drug-likeness (QED) is 0.0190. The van der Waals surface area contributed by atoms with Gasteiger partial charge in [-0.3, -0.25) is 23.8 Å². The van der Waals surface area contributed by atoms with Gasteiger partial charge < -0.3 is 58.5 Å². The minimum absolute atomic E-state index is 0. The fourth-order valence-electron chi connectivity index (χ4n) is 9.17. The molecule has 5 aromatic carbocycles. The molecule has 0 radical (unpaired) electrons. The topological polar surface area (TPSA) is 302 Å². The van der Waals surface area contributed by atoms with Crippen molar-refractivity contribution < 1.29 is 110 Å². The molecule has 21 nitrogen and oxygen atoms in total. The number of phosphoric acid groups is 1. The van der Waals surface area contributed by atoms with Gasteiger partial charge in [0.05, 0.1) is 39.1 Å². The van der Waals surface area contributed by atoms with E-state index in [1.54, 1.807) is 18.2 Å². The van der Waals surface area contributed by atoms with Crippen LogP contribution in [0.3, 0.4) is 0 Å². The molecule has 0 aliphatic carbocycles. The van der Waals surface area contributed by atoms with Crippen molar-refractivity contribution in [3.8, 4) is 17.2 Å². The number of carbonyl (C=O) groups excluding carboxylic acids is 2. The number of ether oxygens (including phenoxy) is 6. The number of hydrogen-bond acceptors (Lipinski definition) is 19. The minimum atomic E-state index is -4.77. The standard InChI is InChI=1S/C21H25FO3.C21H26O4.C16H22FO9P.C8H17ClO5P.CH4/c2*1-21(2,3)25-20(23)12-10-18-13-17(14-22)9-11-19(18)24-15-16-7-5-4-6-8-16;1-9-15(21)16(13(8-18)24-9)26-27(22,23)25-12-4-2-10(7-17)6-11(12)3-5-14(19)20;1-5-6(2)13-7(4-10)8(5)14-15(9,11)12-3;/h4-9,11,13H,10,12,14-15H2,1-3H3;4-9,11,13,22H,10,12,14-15H2,1-3H3;2,4,6,9,13,15-16,18,21H,3,5,7-8H2,1H3,(H,19,20)(H,22,23);5-8,10-11H,4H2,1-3H3;1H4/q;;;+1;. The molecule has 5 aromatic rings. The van der Waals surface area contributed by atoms with E-state index in [1.165, 1.54) is 32.2 Å². The molecule has 10 atom stereocenters. The number of aliphatic hydroxyl groups excluding tert-OH is 4. The van der Waals surface area contributed by atoms with Crippen LogP contribution >= 0.6 is 26.4 Å². The van der Waals surface area contributed by atoms with Crippen LogP contribution in [0.25, 0.3) is 0 Å². The maximum Gasteiger partial charge on any atom is 0.527 e. The zero-order valence-electron chi connectivity index (χ0n) is 53.7. The van der Waals surface area contributed by atoms with E-state index in [0.29, 0.717) is 37.4 Å². The van der Waals surface area contributed by atoms with Crippen molar-refractivity contribution in [2.45, 2.75) is 195 Å². The highest BCUT2D eigenvalue weighted by molar-refractivity contribution is 7.86. The Morgan fingerprint density at radius 2 is 1.02 bits per heavy atom. The van der Waals surface area contributed by atoms with E-state index in [2.05, 4.69) is 4.52 Å². The van der Waals surface area contributed by atoms with Crippen LogP contribution in [0.4, 0.5) is 8.78 Å². The number of carboxylic acid groups (broad SMARTS) is 1. The number of esters is 2. The average molecular weight is 1370 g/mol. The van der Waals surface area contributed by atoms with Gasteiger partial charge in [-0.1, -0.05) is 93.2 Å². The predicted molar refractivity (Wildman–Crippen MR) is 348 cm³/mol. The maximum atomic E-state index is 13.0. The van der Waals surface area contributed by atoms with Gasteiger partial charge in [-0.05, 0) is 156 Å². The molecule has 2 fully saturated rings. The van der Waals surface area contributed by atoms with Crippen molar-refractivity contribution in [2.24, 2.45) is 5.92 Å². The zero-order chi connectivity index (χ0) is 68.4. The SMILES string of the molecule is C.CC(C)(C)OC(=O)CCc1cc(CF)ccc1OCc1ccccc1.CC(C)(C)OC(=O)CCc1cc(CO)ccc1OCc1ccccc1.CC1OC(CO)C(OP(=O)(O)Oc2ccc(CF)cc2CCC(=O)O)C1O.CO[P+](O)(Cl)OC1C(CO)OC(C)C1C. The van der Waals surface area contributed by atoms with E-state index in [-0.39, 0.29) is 87.2 Å². The molecule has 93 heavy (non-hydrogen) atoms. The average Bonchev–Trinajstić information content (AvgIpc) is 1.77. The van der Waals surface area contributed by atoms with Crippen molar-refractivity contribution >= 4 is 44.3 Å². The van der Waals surface area contributed by atoms with Crippen molar-refractivity contribution in [2.75, 3.05) is 20.3 Å². The van der Waals surface area contributed by atoms with Crippen LogP contribution in [0.2, 0.25) is 0 Å². The molecule has 2 aliphatic rings. The van der Waals surface area contributed by atoms with Crippen molar-refractivity contribution in [1.29, 1.82) is 0 Å². The smallest absolute Gasteiger partial charge is 0.489 e. The summed E-state index contributed by atoms with van der Waals surface area (Å²) < 4.78 is 91.3. The first-order valence-corrected chi connectivity index (χ1v) is 33.8. The second kappa shape index (κ2) is 39.3. The van der Waals surface area contributed by atoms with Crippen LogP contribution in [0.5, 0.6) is 17.2 Å². The summed E-state index contributed by atoms with van der Waals surface area (Å²) in [5, 5.41) is 46.5. The molecule has 7 N–H and O–H groups in total. The van der Waals surface area contributed by atoms with E-state index in [4.69, 9.17) is 63.4 Å². The third-order valence-electron chi connectivity index (χ3n) is 13.9. The fourth-order valence-corrected chi connectivity index (χ4v) is 11.2. The zero-order valence-corrected chi connectivity index (χ0v) is 56.2. The minimum Gasteiger partial charge on any atom is -0.489 e. The van der Waals surface area contributed by atoms with E-state index >= 15 is 0 Å². The van der Waals surface area contributed by atoms with E-state index in [9.17, 15) is 52.8 Å². The summed E-state index contributed by atoms with van der Waals surface area (Å²) in [6.07, 6.45) is -4.12. The van der Waals surface area contributed by atoms with Crippen LogP contribution in [0, 0.1) is 5.92 Å². The number of carbonyl (C=O) groups is 3. The van der Waals surface area contributed by atoms with Gasteiger partial charge in [0.2, 0.25) is 0 Å². The molecule has 2 saturated heterocycles. The molecule has 2 heterocycles. The van der Waals surface area contributed by atoms with Crippen LogP contribution in [-0.4, -0.2) is 127 Å². The normalized spacial score (nSPS) is 20.5. The molecular weight excluding hydrogens is 1280 g/mol. The Balaban J connectivity index is 0.000000328. The van der Waals surface area contributed by atoms with Gasteiger partial charge in [0, 0.05) is 25.2 Å². The van der Waals surface area contributed by atoms with E-state index in [0.717, 1.165) is 33.6 Å². The number of aliphatic hydroxyl groups is 4. The number of aliphatic carboxylic acids is 1. The lowest BCUT2D eigenvalue weighted by molar-refractivity contribution is -0.155. The first kappa shape index (κ1) is 81.5. The number of hydrogen-bond donors (Lipinski definition) is 7. The van der Waals surface area contributed by atoms with E-state index < -0.39 is 88.9 Å². The molecular formula is C67H94ClF2O21P2+. The van der Waals surface area contributed by atoms with Crippen LogP contribution in [0.15, 0.2) is 115 Å². The van der Waals surface area contributed by atoms with Gasteiger partial charge in [0.15, 0.2) is 11.2 Å². The molecule has 2 aliphatic heterocycles. The molecule has 0 bridgehead atoms. The molecule has 0 saturated carbocycles. The Kier molecular flexibility index (Phi) is 34.5. The summed E-state index contributed by atoms with van der Waals surface area (Å²) >= 11 is 5.62. The maximum absolute atomic E-state index is 13.0. The first-order chi connectivity index (χ1) is 43.3. The highest BCUT2D eigenvalue weighted by atomic mass is 35.7. The Morgan fingerprint density at radius 3 is 1.44 bits per heavy atom. The Hall–Kier alpha value is -5.72. The molecule has 26 heteroatoms. The molecule has 0 amide bonds. The summed E-state index contributed by atoms with van der Waals surface area (Å²) in [7, 11) is -6.80. The van der Waals surface area contributed by atoms with Gasteiger partial charge in [-0.2, -0.15) is 13.9 Å². The third-order valence-corrected chi connectivity index (χ3v) is 16.4. The Labute approximate surface area is 550 Å². The summed E-state index contributed by atoms with van der Waals surface area (Å²) in [4.78, 5) is 54.2. The lowest BCUT2D eigenvalue weighted by atomic mass is 10.00. The molecule has 0 spiro atoms. The van der Waals surface area contributed by atoms with Gasteiger partial charge in [-0.25, -0.2) is 13.3 Å². The van der Waals surface area contributed by atoms with Crippen molar-refractivity contribution in [1.82, 2.24) is 0 Å². The van der Waals surface area contributed by atoms with Gasteiger partial charge in [-0.15, -0.1) is 0 Å². The fraction of sp³-hybridized carbons (Fsp3) is 0.507. The number of aryl methyl sites for hydroxylation is 3. The Morgan fingerprint density at radius 1 is 0.613 bits per heavy atom.